The lowest BCUT2D eigenvalue weighted by molar-refractivity contribution is -0.119. The van der Waals surface area contributed by atoms with Gasteiger partial charge in [0, 0.05) is 22.2 Å². The molecule has 0 aliphatic heterocycles. The normalized spacial score (nSPS) is 10.6. The summed E-state index contributed by atoms with van der Waals surface area (Å²) in [5.74, 6) is -0.137. The average Bonchev–Trinajstić information content (AvgIpc) is 3.12. The van der Waals surface area contributed by atoms with E-state index in [4.69, 9.17) is 30.2 Å². The van der Waals surface area contributed by atoms with Crippen molar-refractivity contribution in [2.45, 2.75) is 13.8 Å². The fourth-order valence-electron chi connectivity index (χ4n) is 2.64. The Morgan fingerprint density at radius 1 is 1.00 bits per heavy atom. The van der Waals surface area contributed by atoms with Crippen molar-refractivity contribution in [3.05, 3.63) is 53.2 Å². The van der Waals surface area contributed by atoms with Crippen LogP contribution in [0.4, 0.5) is 5.69 Å². The van der Waals surface area contributed by atoms with Gasteiger partial charge in [-0.25, -0.2) is 4.79 Å². The van der Waals surface area contributed by atoms with Gasteiger partial charge in [0.1, 0.15) is 5.58 Å². The van der Waals surface area contributed by atoms with Crippen LogP contribution in [0.15, 0.2) is 46.9 Å². The number of carbonyl (C=O) groups excluding carboxylic acids is 2. The molecule has 3 aromatic rings. The maximum atomic E-state index is 12.1. The van der Waals surface area contributed by atoms with Crippen LogP contribution < -0.4 is 14.8 Å². The summed E-state index contributed by atoms with van der Waals surface area (Å²) in [4.78, 5) is 24.3. The number of fused-ring (bicyclic) bond motifs is 1. The van der Waals surface area contributed by atoms with Crippen molar-refractivity contribution < 1.29 is 28.2 Å². The number of amides is 1. The summed E-state index contributed by atoms with van der Waals surface area (Å²) in [5.41, 5.74) is 1.000. The maximum Gasteiger partial charge on any atom is 0.374 e. The van der Waals surface area contributed by atoms with E-state index >= 15 is 0 Å². The Labute approximate surface area is 172 Å². The van der Waals surface area contributed by atoms with Crippen molar-refractivity contribution in [1.82, 2.24) is 0 Å². The summed E-state index contributed by atoms with van der Waals surface area (Å²) < 4.78 is 21.5. The first-order valence-electron chi connectivity index (χ1n) is 9.06. The number of anilines is 1. The van der Waals surface area contributed by atoms with Crippen LogP contribution in [-0.4, -0.2) is 31.7 Å². The number of carbonyl (C=O) groups is 2. The maximum absolute atomic E-state index is 12.1. The zero-order valence-electron chi connectivity index (χ0n) is 16.0. The summed E-state index contributed by atoms with van der Waals surface area (Å²) in [6, 6.07) is 11.5. The number of hydrogen-bond donors (Lipinski definition) is 1. The van der Waals surface area contributed by atoms with Crippen LogP contribution in [0.2, 0.25) is 5.02 Å². The molecule has 0 aliphatic carbocycles. The molecule has 0 atom stereocenters. The number of benzene rings is 2. The van der Waals surface area contributed by atoms with Gasteiger partial charge in [-0.1, -0.05) is 11.6 Å². The van der Waals surface area contributed by atoms with Crippen LogP contribution >= 0.6 is 11.6 Å². The molecule has 1 aromatic heterocycles. The molecule has 1 heterocycles. The highest BCUT2D eigenvalue weighted by atomic mass is 35.5. The van der Waals surface area contributed by atoms with Gasteiger partial charge in [-0.3, -0.25) is 4.79 Å². The minimum Gasteiger partial charge on any atom is -0.490 e. The lowest BCUT2D eigenvalue weighted by atomic mass is 10.2. The van der Waals surface area contributed by atoms with Crippen molar-refractivity contribution in [1.29, 1.82) is 0 Å². The van der Waals surface area contributed by atoms with E-state index in [0.29, 0.717) is 46.4 Å². The summed E-state index contributed by atoms with van der Waals surface area (Å²) in [6.45, 7) is 4.21. The number of furan rings is 1. The summed E-state index contributed by atoms with van der Waals surface area (Å²) in [5, 5.41) is 3.85. The monoisotopic (exact) mass is 417 g/mol. The molecule has 3 rings (SSSR count). The van der Waals surface area contributed by atoms with Gasteiger partial charge in [0.25, 0.3) is 5.91 Å². The Hall–Kier alpha value is -3.19. The molecular weight excluding hydrogens is 398 g/mol. The fraction of sp³-hybridized carbons (Fsp3) is 0.238. The van der Waals surface area contributed by atoms with Gasteiger partial charge >= 0.3 is 5.97 Å². The molecular formula is C21H20ClNO6. The molecule has 0 fully saturated rings. The molecule has 2 aromatic carbocycles. The van der Waals surface area contributed by atoms with Crippen molar-refractivity contribution in [2.24, 2.45) is 0 Å². The molecule has 0 unspecified atom stereocenters. The highest BCUT2D eigenvalue weighted by Crippen LogP contribution is 2.30. The standard InChI is InChI=1S/C21H20ClNO6/c1-3-26-17-8-6-15(11-18(17)27-4-2)23-20(24)12-28-21(25)19-10-13-9-14(22)5-7-16(13)29-19/h5-11H,3-4,12H2,1-2H3,(H,23,24). The van der Waals surface area contributed by atoms with E-state index in [1.165, 1.54) is 6.07 Å². The number of nitrogens with one attached hydrogen (secondary N) is 1. The zero-order valence-corrected chi connectivity index (χ0v) is 16.7. The van der Waals surface area contributed by atoms with Gasteiger partial charge in [0.15, 0.2) is 18.1 Å². The van der Waals surface area contributed by atoms with E-state index in [1.54, 1.807) is 36.4 Å². The number of esters is 1. The van der Waals surface area contributed by atoms with Gasteiger partial charge in [0.2, 0.25) is 5.76 Å². The first-order chi connectivity index (χ1) is 14.0. The number of halogens is 1. The summed E-state index contributed by atoms with van der Waals surface area (Å²) >= 11 is 5.92. The van der Waals surface area contributed by atoms with Crippen LogP contribution in [0.3, 0.4) is 0 Å². The molecule has 8 heteroatoms. The lowest BCUT2D eigenvalue weighted by Gasteiger charge is -2.13. The van der Waals surface area contributed by atoms with Crippen LogP contribution in [-0.2, 0) is 9.53 Å². The van der Waals surface area contributed by atoms with Gasteiger partial charge in [-0.2, -0.15) is 0 Å². The van der Waals surface area contributed by atoms with Gasteiger partial charge in [-0.15, -0.1) is 0 Å². The number of rotatable bonds is 8. The van der Waals surface area contributed by atoms with E-state index in [9.17, 15) is 9.59 Å². The van der Waals surface area contributed by atoms with E-state index in [0.717, 1.165) is 0 Å². The van der Waals surface area contributed by atoms with Crippen molar-refractivity contribution in [3.8, 4) is 11.5 Å². The zero-order chi connectivity index (χ0) is 20.8. The Balaban J connectivity index is 1.60. The molecule has 0 aliphatic rings. The van der Waals surface area contributed by atoms with Crippen LogP contribution in [0.5, 0.6) is 11.5 Å². The molecule has 7 nitrogen and oxygen atoms in total. The second-order valence-electron chi connectivity index (χ2n) is 5.94. The predicted octanol–water partition coefficient (Wildman–Crippen LogP) is 4.68. The molecule has 152 valence electrons. The largest absolute Gasteiger partial charge is 0.490 e. The Morgan fingerprint density at radius 2 is 1.76 bits per heavy atom. The highest BCUT2D eigenvalue weighted by molar-refractivity contribution is 6.31. The molecule has 0 saturated heterocycles. The fourth-order valence-corrected chi connectivity index (χ4v) is 2.82. The van der Waals surface area contributed by atoms with Crippen molar-refractivity contribution in [2.75, 3.05) is 25.1 Å². The van der Waals surface area contributed by atoms with Crippen LogP contribution in [0.25, 0.3) is 11.0 Å². The minimum atomic E-state index is -0.742. The van der Waals surface area contributed by atoms with Gasteiger partial charge in [0.05, 0.1) is 13.2 Å². The molecule has 1 amide bonds. The first-order valence-corrected chi connectivity index (χ1v) is 9.43. The molecule has 0 spiro atoms. The first kappa shape index (κ1) is 20.5. The Kier molecular flexibility index (Phi) is 6.61. The molecule has 0 bridgehead atoms. The van der Waals surface area contributed by atoms with Crippen LogP contribution in [0, 0.1) is 0 Å². The highest BCUT2D eigenvalue weighted by Gasteiger charge is 2.16. The quantitative estimate of drug-likeness (QED) is 0.535. The summed E-state index contributed by atoms with van der Waals surface area (Å²) in [7, 11) is 0. The number of ether oxygens (including phenoxy) is 3. The summed E-state index contributed by atoms with van der Waals surface area (Å²) in [6.07, 6.45) is 0. The molecule has 1 N–H and O–H groups in total. The third kappa shape index (κ3) is 5.20. The third-order valence-corrected chi connectivity index (χ3v) is 4.08. The van der Waals surface area contributed by atoms with Crippen LogP contribution in [0.1, 0.15) is 24.4 Å². The van der Waals surface area contributed by atoms with Gasteiger partial charge < -0.3 is 23.9 Å². The van der Waals surface area contributed by atoms with Gasteiger partial charge in [-0.05, 0) is 50.2 Å². The minimum absolute atomic E-state index is 0.00485. The van der Waals surface area contributed by atoms with Crippen molar-refractivity contribution >= 4 is 40.1 Å². The Morgan fingerprint density at radius 3 is 2.52 bits per heavy atom. The second kappa shape index (κ2) is 9.34. The molecule has 29 heavy (non-hydrogen) atoms. The molecule has 0 radical (unpaired) electrons. The predicted molar refractivity (Wildman–Crippen MR) is 109 cm³/mol. The van der Waals surface area contributed by atoms with E-state index in [2.05, 4.69) is 5.32 Å². The lowest BCUT2D eigenvalue weighted by Crippen LogP contribution is -2.20. The Bertz CT molecular complexity index is 1030. The smallest absolute Gasteiger partial charge is 0.374 e. The number of hydrogen-bond acceptors (Lipinski definition) is 6. The van der Waals surface area contributed by atoms with E-state index < -0.39 is 18.5 Å². The topological polar surface area (TPSA) is 87.0 Å². The van der Waals surface area contributed by atoms with Crippen molar-refractivity contribution in [3.63, 3.8) is 0 Å². The second-order valence-corrected chi connectivity index (χ2v) is 6.38. The molecule has 0 saturated carbocycles. The average molecular weight is 418 g/mol. The van der Waals surface area contributed by atoms with E-state index in [1.807, 2.05) is 13.8 Å². The SMILES string of the molecule is CCOc1ccc(NC(=O)COC(=O)c2cc3cc(Cl)ccc3o2)cc1OCC. The van der Waals surface area contributed by atoms with E-state index in [-0.39, 0.29) is 5.76 Å². The third-order valence-electron chi connectivity index (χ3n) is 3.84.